The fourth-order valence-electron chi connectivity index (χ4n) is 5.29. The lowest BCUT2D eigenvalue weighted by atomic mass is 9.65. The molecule has 0 aromatic heterocycles. The maximum Gasteiger partial charge on any atom is 0.410 e. The van der Waals surface area contributed by atoms with Gasteiger partial charge in [0, 0.05) is 6.54 Å². The number of piperidine rings is 2. The Bertz CT molecular complexity index is 1020. The third-order valence-electron chi connectivity index (χ3n) is 6.95. The van der Waals surface area contributed by atoms with Crippen molar-refractivity contribution < 1.29 is 14.3 Å². The second-order valence-electron chi connectivity index (χ2n) is 10.4. The number of hydrogen-bond donors (Lipinski definition) is 1. The van der Waals surface area contributed by atoms with Crippen LogP contribution in [0.4, 0.5) is 4.79 Å². The van der Waals surface area contributed by atoms with Gasteiger partial charge in [-0.3, -0.25) is 9.69 Å². The van der Waals surface area contributed by atoms with Gasteiger partial charge >= 0.3 is 6.09 Å². The predicted molar refractivity (Wildman–Crippen MR) is 130 cm³/mol. The van der Waals surface area contributed by atoms with E-state index in [0.29, 0.717) is 23.0 Å². The number of rotatable bonds is 4. The summed E-state index contributed by atoms with van der Waals surface area (Å²) in [7, 11) is 0. The minimum atomic E-state index is -0.588. The predicted octanol–water partition coefficient (Wildman–Crippen LogP) is 6.30. The maximum atomic E-state index is 13.5. The molecule has 1 saturated carbocycles. The second-order valence-corrected chi connectivity index (χ2v) is 10.8. The highest BCUT2D eigenvalue weighted by molar-refractivity contribution is 6.34. The normalized spacial score (nSPS) is 23.2. The van der Waals surface area contributed by atoms with Crippen molar-refractivity contribution in [3.8, 4) is 0 Å². The molecule has 1 unspecified atom stereocenters. The van der Waals surface area contributed by atoms with Crippen LogP contribution in [0.3, 0.4) is 0 Å². The molecule has 2 amide bonds. The molecule has 3 aliphatic rings. The number of aryl methyl sites for hydroxylation is 1. The van der Waals surface area contributed by atoms with Crippen LogP contribution in [0.15, 0.2) is 48.5 Å². The monoisotopic (exact) mass is 468 g/mol. The van der Waals surface area contributed by atoms with Crippen molar-refractivity contribution in [1.82, 2.24) is 10.2 Å². The lowest BCUT2D eigenvalue weighted by Gasteiger charge is -2.57. The molecule has 33 heavy (non-hydrogen) atoms. The smallest absolute Gasteiger partial charge is 0.410 e. The van der Waals surface area contributed by atoms with Gasteiger partial charge in [-0.15, -0.1) is 0 Å². The first kappa shape index (κ1) is 23.6. The summed E-state index contributed by atoms with van der Waals surface area (Å²) in [5.41, 5.74) is 1.14. The van der Waals surface area contributed by atoms with Gasteiger partial charge in [0.25, 0.3) is 5.91 Å². The van der Waals surface area contributed by atoms with E-state index in [4.69, 9.17) is 16.3 Å². The highest BCUT2D eigenvalue weighted by Crippen LogP contribution is 2.50. The summed E-state index contributed by atoms with van der Waals surface area (Å²) >= 11 is 6.49. The molecule has 5 nitrogen and oxygen atoms in total. The number of amides is 2. The highest BCUT2D eigenvalue weighted by Gasteiger charge is 2.54. The zero-order valence-electron chi connectivity index (χ0n) is 19.9. The van der Waals surface area contributed by atoms with E-state index in [1.165, 1.54) is 0 Å². The number of nitrogens with zero attached hydrogens (tertiary/aromatic N) is 1. The minimum Gasteiger partial charge on any atom is -0.444 e. The molecule has 2 aromatic rings. The fraction of sp³-hybridized carbons (Fsp3) is 0.481. The molecule has 5 rings (SSSR count). The first-order valence-corrected chi connectivity index (χ1v) is 12.1. The number of carbonyl (C=O) groups excluding carboxylic acids is 2. The molecule has 3 fully saturated rings. The van der Waals surface area contributed by atoms with E-state index in [0.717, 1.165) is 36.8 Å². The number of nitrogens with one attached hydrogen (secondary N) is 1. The van der Waals surface area contributed by atoms with Crippen LogP contribution in [-0.2, 0) is 4.74 Å². The maximum absolute atomic E-state index is 13.5. The summed E-state index contributed by atoms with van der Waals surface area (Å²) in [6, 6.07) is 15.0. The van der Waals surface area contributed by atoms with Crippen molar-refractivity contribution in [2.75, 3.05) is 6.54 Å². The van der Waals surface area contributed by atoms with Gasteiger partial charge in [0.2, 0.25) is 0 Å². The molecule has 2 saturated heterocycles. The fourth-order valence-corrected chi connectivity index (χ4v) is 5.50. The quantitative estimate of drug-likeness (QED) is 0.572. The van der Waals surface area contributed by atoms with Crippen molar-refractivity contribution in [2.24, 2.45) is 5.92 Å². The third-order valence-corrected chi connectivity index (χ3v) is 7.45. The van der Waals surface area contributed by atoms with Crippen molar-refractivity contribution in [3.05, 3.63) is 70.2 Å². The summed E-state index contributed by atoms with van der Waals surface area (Å²) in [6.45, 7) is 8.19. The van der Waals surface area contributed by atoms with E-state index in [9.17, 15) is 9.59 Å². The van der Waals surface area contributed by atoms with Gasteiger partial charge in [-0.25, -0.2) is 4.79 Å². The molecule has 2 aliphatic heterocycles. The third kappa shape index (κ3) is 4.74. The van der Waals surface area contributed by atoms with E-state index in [1.54, 1.807) is 6.07 Å². The van der Waals surface area contributed by atoms with Crippen molar-refractivity contribution in [2.45, 2.75) is 70.6 Å². The number of ether oxygens (including phenoxy) is 1. The topological polar surface area (TPSA) is 58.6 Å². The Morgan fingerprint density at radius 3 is 2.39 bits per heavy atom. The first-order valence-electron chi connectivity index (χ1n) is 11.7. The van der Waals surface area contributed by atoms with Crippen molar-refractivity contribution in [1.29, 1.82) is 0 Å². The summed E-state index contributed by atoms with van der Waals surface area (Å²) in [5.74, 6) is 0.237. The second kappa shape index (κ2) is 9.02. The Morgan fingerprint density at radius 1 is 1.09 bits per heavy atom. The largest absolute Gasteiger partial charge is 0.444 e. The van der Waals surface area contributed by atoms with Crippen LogP contribution in [-0.4, -0.2) is 34.6 Å². The Balaban J connectivity index is 1.74. The average Bonchev–Trinajstić information content (AvgIpc) is 2.79. The molecule has 1 N–H and O–H groups in total. The van der Waals surface area contributed by atoms with Crippen LogP contribution >= 0.6 is 11.6 Å². The van der Waals surface area contributed by atoms with Crippen molar-refractivity contribution >= 4 is 23.6 Å². The van der Waals surface area contributed by atoms with Crippen LogP contribution in [0.25, 0.3) is 0 Å². The molecule has 1 atom stereocenters. The van der Waals surface area contributed by atoms with Gasteiger partial charge in [-0.2, -0.15) is 0 Å². The van der Waals surface area contributed by atoms with Gasteiger partial charge in [0.05, 0.1) is 22.2 Å². The first-order chi connectivity index (χ1) is 15.6. The highest BCUT2D eigenvalue weighted by atomic mass is 35.5. The number of carbonyl (C=O) groups is 2. The van der Waals surface area contributed by atoms with Gasteiger partial charge in [-0.05, 0) is 76.5 Å². The summed E-state index contributed by atoms with van der Waals surface area (Å²) in [5, 5.41) is 3.73. The van der Waals surface area contributed by atoms with Gasteiger partial charge in [-0.1, -0.05) is 54.1 Å². The van der Waals surface area contributed by atoms with E-state index in [2.05, 4.69) is 5.32 Å². The lowest BCUT2D eigenvalue weighted by molar-refractivity contribution is -0.0682. The zero-order chi connectivity index (χ0) is 23.8. The molecule has 2 heterocycles. The number of halogens is 1. The molecule has 6 heteroatoms. The van der Waals surface area contributed by atoms with Crippen LogP contribution in [0, 0.1) is 12.8 Å². The average molecular weight is 469 g/mol. The molecule has 2 bridgehead atoms. The van der Waals surface area contributed by atoms with Gasteiger partial charge in [0.15, 0.2) is 0 Å². The van der Waals surface area contributed by atoms with E-state index in [-0.39, 0.29) is 18.0 Å². The van der Waals surface area contributed by atoms with Crippen molar-refractivity contribution in [3.63, 3.8) is 0 Å². The lowest BCUT2D eigenvalue weighted by Crippen LogP contribution is -2.66. The Morgan fingerprint density at radius 2 is 1.76 bits per heavy atom. The molecule has 0 radical (unpaired) electrons. The molecule has 176 valence electrons. The van der Waals surface area contributed by atoms with Crippen LogP contribution in [0.2, 0.25) is 5.02 Å². The summed E-state index contributed by atoms with van der Waals surface area (Å²) in [6.07, 6.45) is 3.39. The van der Waals surface area contributed by atoms with Crippen LogP contribution in [0.5, 0.6) is 0 Å². The Hall–Kier alpha value is -2.53. The minimum absolute atomic E-state index is 0.233. The molecular formula is C27H33ClN2O3. The summed E-state index contributed by atoms with van der Waals surface area (Å²) in [4.78, 5) is 28.8. The van der Waals surface area contributed by atoms with Crippen LogP contribution < -0.4 is 5.32 Å². The van der Waals surface area contributed by atoms with Gasteiger partial charge < -0.3 is 10.1 Å². The van der Waals surface area contributed by atoms with Crippen LogP contribution in [0.1, 0.15) is 74.0 Å². The number of benzene rings is 2. The van der Waals surface area contributed by atoms with Gasteiger partial charge in [0.1, 0.15) is 5.60 Å². The summed E-state index contributed by atoms with van der Waals surface area (Å²) < 4.78 is 5.82. The molecule has 0 spiro atoms. The van der Waals surface area contributed by atoms with E-state index in [1.807, 2.05) is 75.1 Å². The SMILES string of the molecule is Cc1cccc(C(=O)NC(c2ccccc2)C23CCC(CC2)CN3C(=O)OC(C)(C)C)c1Cl. The zero-order valence-corrected chi connectivity index (χ0v) is 20.6. The number of fused-ring (bicyclic) bond motifs is 3. The number of hydrogen-bond acceptors (Lipinski definition) is 3. The van der Waals surface area contributed by atoms with E-state index >= 15 is 0 Å². The molecular weight excluding hydrogens is 436 g/mol. The Labute approximate surface area is 201 Å². The standard InChI is InChI=1S/C27H33ClN2O3/c1-18-9-8-12-21(22(18)28)24(31)29-23(20-10-6-5-7-11-20)27-15-13-19(14-16-27)17-30(27)25(32)33-26(2,3)4/h5-12,19,23H,13-17H2,1-4H3,(H,29,31). The Kier molecular flexibility index (Phi) is 6.45. The van der Waals surface area contributed by atoms with E-state index < -0.39 is 11.1 Å². The molecule has 2 aromatic carbocycles. The molecule has 1 aliphatic carbocycles.